The van der Waals surface area contributed by atoms with Crippen LogP contribution in [0.15, 0.2) is 0 Å². The Kier molecular flexibility index (Phi) is 2.69. The van der Waals surface area contributed by atoms with Crippen LogP contribution < -0.4 is 0 Å². The molecular formula is C8H17NO. The molecule has 0 radical (unpaired) electrons. The standard InChI is InChI=1S/C8H17NO/c1-4-8-7(2)10-6-5-9(8)3/h7-8H,4-6H2,1-3H3/t7-,8+/m0/s1. The predicted molar refractivity (Wildman–Crippen MR) is 42.1 cm³/mol. The van der Waals surface area contributed by atoms with Crippen LogP contribution in [-0.4, -0.2) is 37.2 Å². The molecular weight excluding hydrogens is 126 g/mol. The van der Waals surface area contributed by atoms with Crippen molar-refractivity contribution in [1.29, 1.82) is 0 Å². The Morgan fingerprint density at radius 1 is 1.60 bits per heavy atom. The largest absolute Gasteiger partial charge is 0.376 e. The molecule has 10 heavy (non-hydrogen) atoms. The van der Waals surface area contributed by atoms with Crippen molar-refractivity contribution in [1.82, 2.24) is 4.90 Å². The van der Waals surface area contributed by atoms with Crippen molar-refractivity contribution < 1.29 is 4.74 Å². The quantitative estimate of drug-likeness (QED) is 0.545. The molecule has 0 spiro atoms. The molecule has 1 aliphatic heterocycles. The van der Waals surface area contributed by atoms with Crippen molar-refractivity contribution >= 4 is 0 Å². The van der Waals surface area contributed by atoms with Crippen LogP contribution in [0.5, 0.6) is 0 Å². The number of hydrogen-bond donors (Lipinski definition) is 0. The Balaban J connectivity index is 2.45. The van der Waals surface area contributed by atoms with Gasteiger partial charge in [-0.3, -0.25) is 4.90 Å². The van der Waals surface area contributed by atoms with Gasteiger partial charge in [0, 0.05) is 12.6 Å². The summed E-state index contributed by atoms with van der Waals surface area (Å²) in [7, 11) is 2.17. The lowest BCUT2D eigenvalue weighted by Crippen LogP contribution is -2.47. The van der Waals surface area contributed by atoms with Crippen molar-refractivity contribution in [3.05, 3.63) is 0 Å². The summed E-state index contributed by atoms with van der Waals surface area (Å²) in [4.78, 5) is 2.38. The van der Waals surface area contributed by atoms with Crippen molar-refractivity contribution in [2.45, 2.75) is 32.4 Å². The molecule has 2 heteroatoms. The first-order chi connectivity index (χ1) is 4.75. The summed E-state index contributed by atoms with van der Waals surface area (Å²) in [6.45, 7) is 6.35. The van der Waals surface area contributed by atoms with E-state index in [1.54, 1.807) is 0 Å². The van der Waals surface area contributed by atoms with Gasteiger partial charge >= 0.3 is 0 Å². The maximum atomic E-state index is 5.51. The Labute approximate surface area is 63.2 Å². The summed E-state index contributed by atoms with van der Waals surface area (Å²) in [5.41, 5.74) is 0. The minimum atomic E-state index is 0.420. The lowest BCUT2D eigenvalue weighted by molar-refractivity contribution is -0.0523. The molecule has 0 amide bonds. The molecule has 2 atom stereocenters. The van der Waals surface area contributed by atoms with E-state index in [1.807, 2.05) is 0 Å². The third-order valence-corrected chi connectivity index (χ3v) is 2.35. The van der Waals surface area contributed by atoms with E-state index >= 15 is 0 Å². The van der Waals surface area contributed by atoms with E-state index in [9.17, 15) is 0 Å². The van der Waals surface area contributed by atoms with E-state index in [2.05, 4.69) is 25.8 Å². The molecule has 0 aromatic carbocycles. The smallest absolute Gasteiger partial charge is 0.0702 e. The molecule has 1 heterocycles. The van der Waals surface area contributed by atoms with Crippen LogP contribution >= 0.6 is 0 Å². The Morgan fingerprint density at radius 2 is 2.30 bits per heavy atom. The molecule has 0 bridgehead atoms. The van der Waals surface area contributed by atoms with Gasteiger partial charge in [0.05, 0.1) is 12.7 Å². The Hall–Kier alpha value is -0.0800. The van der Waals surface area contributed by atoms with Gasteiger partial charge in [0.25, 0.3) is 0 Å². The van der Waals surface area contributed by atoms with Gasteiger partial charge in [-0.25, -0.2) is 0 Å². The van der Waals surface area contributed by atoms with Crippen LogP contribution in [0, 0.1) is 0 Å². The van der Waals surface area contributed by atoms with E-state index in [4.69, 9.17) is 4.74 Å². The number of likely N-dealkylation sites (N-methyl/N-ethyl adjacent to an activating group) is 1. The third-order valence-electron chi connectivity index (χ3n) is 2.35. The average Bonchev–Trinajstić information content (AvgIpc) is 1.88. The second kappa shape index (κ2) is 3.35. The second-order valence-electron chi connectivity index (χ2n) is 3.03. The normalized spacial score (nSPS) is 36.3. The van der Waals surface area contributed by atoms with Crippen LogP contribution in [0.4, 0.5) is 0 Å². The molecule has 2 nitrogen and oxygen atoms in total. The van der Waals surface area contributed by atoms with Crippen molar-refractivity contribution in [3.8, 4) is 0 Å². The highest BCUT2D eigenvalue weighted by atomic mass is 16.5. The van der Waals surface area contributed by atoms with Gasteiger partial charge in [-0.1, -0.05) is 6.92 Å². The van der Waals surface area contributed by atoms with Gasteiger partial charge in [-0.05, 0) is 20.4 Å². The summed E-state index contributed by atoms with van der Waals surface area (Å²) < 4.78 is 5.51. The molecule has 1 rings (SSSR count). The van der Waals surface area contributed by atoms with E-state index in [0.29, 0.717) is 12.1 Å². The molecule has 0 aromatic heterocycles. The molecule has 0 unspecified atom stereocenters. The number of morpholine rings is 1. The van der Waals surface area contributed by atoms with Crippen LogP contribution in [0.3, 0.4) is 0 Å². The summed E-state index contributed by atoms with van der Waals surface area (Å²) in [6, 6.07) is 0.633. The first kappa shape index (κ1) is 8.02. The van der Waals surface area contributed by atoms with Crippen LogP contribution in [0.2, 0.25) is 0 Å². The topological polar surface area (TPSA) is 12.5 Å². The average molecular weight is 143 g/mol. The number of nitrogens with zero attached hydrogens (tertiary/aromatic N) is 1. The molecule has 1 fully saturated rings. The summed E-state index contributed by atoms with van der Waals surface area (Å²) >= 11 is 0. The fraction of sp³-hybridized carbons (Fsp3) is 1.00. The fourth-order valence-corrected chi connectivity index (χ4v) is 1.66. The predicted octanol–water partition coefficient (Wildman–Crippen LogP) is 1.12. The lowest BCUT2D eigenvalue weighted by atomic mass is 10.1. The number of hydrogen-bond acceptors (Lipinski definition) is 2. The summed E-state index contributed by atoms with van der Waals surface area (Å²) in [5.74, 6) is 0. The van der Waals surface area contributed by atoms with Crippen molar-refractivity contribution in [2.24, 2.45) is 0 Å². The van der Waals surface area contributed by atoms with Gasteiger partial charge in [0.15, 0.2) is 0 Å². The molecule has 1 saturated heterocycles. The lowest BCUT2D eigenvalue weighted by Gasteiger charge is -2.36. The zero-order chi connectivity index (χ0) is 7.56. The van der Waals surface area contributed by atoms with E-state index in [0.717, 1.165) is 13.2 Å². The highest BCUT2D eigenvalue weighted by Crippen LogP contribution is 2.14. The first-order valence-electron chi connectivity index (χ1n) is 4.07. The minimum absolute atomic E-state index is 0.420. The monoisotopic (exact) mass is 143 g/mol. The molecule has 0 N–H and O–H groups in total. The molecule has 0 aromatic rings. The van der Waals surface area contributed by atoms with Crippen LogP contribution in [-0.2, 0) is 4.74 Å². The number of ether oxygens (including phenoxy) is 1. The van der Waals surface area contributed by atoms with Gasteiger partial charge in [-0.15, -0.1) is 0 Å². The zero-order valence-electron chi connectivity index (χ0n) is 7.13. The minimum Gasteiger partial charge on any atom is -0.376 e. The first-order valence-corrected chi connectivity index (χ1v) is 4.07. The van der Waals surface area contributed by atoms with Crippen molar-refractivity contribution in [2.75, 3.05) is 20.2 Å². The van der Waals surface area contributed by atoms with Crippen LogP contribution in [0.25, 0.3) is 0 Å². The van der Waals surface area contributed by atoms with Gasteiger partial charge in [-0.2, -0.15) is 0 Å². The van der Waals surface area contributed by atoms with Gasteiger partial charge < -0.3 is 4.74 Å². The van der Waals surface area contributed by atoms with Crippen molar-refractivity contribution in [3.63, 3.8) is 0 Å². The highest BCUT2D eigenvalue weighted by Gasteiger charge is 2.24. The van der Waals surface area contributed by atoms with E-state index in [1.165, 1.54) is 6.42 Å². The third kappa shape index (κ3) is 1.50. The Bertz CT molecular complexity index is 95.4. The van der Waals surface area contributed by atoms with Gasteiger partial charge in [0.1, 0.15) is 0 Å². The molecule has 60 valence electrons. The summed E-state index contributed by atoms with van der Waals surface area (Å²) in [6.07, 6.45) is 1.61. The van der Waals surface area contributed by atoms with E-state index < -0.39 is 0 Å². The van der Waals surface area contributed by atoms with E-state index in [-0.39, 0.29) is 0 Å². The molecule has 0 saturated carbocycles. The fourth-order valence-electron chi connectivity index (χ4n) is 1.66. The highest BCUT2D eigenvalue weighted by molar-refractivity contribution is 4.77. The number of rotatable bonds is 1. The maximum absolute atomic E-state index is 5.51. The van der Waals surface area contributed by atoms with Crippen LogP contribution in [0.1, 0.15) is 20.3 Å². The molecule has 1 aliphatic rings. The SMILES string of the molecule is CC[C@@H]1[C@H](C)OCCN1C. The maximum Gasteiger partial charge on any atom is 0.0702 e. The zero-order valence-corrected chi connectivity index (χ0v) is 7.13. The summed E-state index contributed by atoms with van der Waals surface area (Å²) in [5, 5.41) is 0. The second-order valence-corrected chi connectivity index (χ2v) is 3.03. The molecule has 0 aliphatic carbocycles. The Morgan fingerprint density at radius 3 is 2.70 bits per heavy atom. The van der Waals surface area contributed by atoms with Gasteiger partial charge in [0.2, 0.25) is 0 Å².